The molecule has 0 aliphatic carbocycles. The number of nitrogens with zero attached hydrogens (tertiary/aromatic N) is 2. The summed E-state index contributed by atoms with van der Waals surface area (Å²) in [5.74, 6) is 1.48. The molecule has 0 N–H and O–H groups in total. The molecule has 0 saturated carbocycles. The Morgan fingerprint density at radius 2 is 1.50 bits per heavy atom. The molecule has 22 heavy (non-hydrogen) atoms. The van der Waals surface area contributed by atoms with Crippen molar-refractivity contribution >= 4 is 0 Å². The third-order valence-electron chi connectivity index (χ3n) is 3.48. The predicted octanol–water partition coefficient (Wildman–Crippen LogP) is 4.19. The quantitative estimate of drug-likeness (QED) is 0.775. The fourth-order valence-electron chi connectivity index (χ4n) is 2.60. The number of para-hydroxylation sites is 1. The summed E-state index contributed by atoms with van der Waals surface area (Å²) < 4.78 is 9.90. The zero-order valence-electron chi connectivity index (χ0n) is 12.5. The van der Waals surface area contributed by atoms with Gasteiger partial charge in [0.05, 0.1) is 0 Å². The third-order valence-corrected chi connectivity index (χ3v) is 3.48. The molecule has 4 nitrogen and oxygen atoms in total. The van der Waals surface area contributed by atoms with E-state index in [-0.39, 0.29) is 5.92 Å². The van der Waals surface area contributed by atoms with Gasteiger partial charge >= 0.3 is 0 Å². The molecule has 0 fully saturated rings. The van der Waals surface area contributed by atoms with E-state index < -0.39 is 0 Å². The molecule has 0 spiro atoms. The van der Waals surface area contributed by atoms with Crippen LogP contribution in [-0.4, -0.2) is 0 Å². The summed E-state index contributed by atoms with van der Waals surface area (Å²) in [6.07, 6.45) is 3.40. The minimum absolute atomic E-state index is 0.0840. The van der Waals surface area contributed by atoms with Crippen molar-refractivity contribution in [1.29, 1.82) is 10.5 Å². The van der Waals surface area contributed by atoms with Gasteiger partial charge in [-0.25, -0.2) is 0 Å². The van der Waals surface area contributed by atoms with Gasteiger partial charge in [0.1, 0.15) is 11.5 Å². The lowest BCUT2D eigenvalue weighted by Gasteiger charge is -2.23. The van der Waals surface area contributed by atoms with Gasteiger partial charge < -0.3 is 9.47 Å². The van der Waals surface area contributed by atoms with E-state index in [0.29, 0.717) is 17.4 Å². The van der Waals surface area contributed by atoms with E-state index in [1.807, 2.05) is 30.3 Å². The monoisotopic (exact) mass is 292 g/mol. The average molecular weight is 292 g/mol. The highest BCUT2D eigenvalue weighted by Gasteiger charge is 2.22. The minimum atomic E-state index is 0.0840. The van der Waals surface area contributed by atoms with Crippen molar-refractivity contribution in [2.75, 3.05) is 0 Å². The Morgan fingerprint density at radius 1 is 0.864 bits per heavy atom. The zero-order chi connectivity index (χ0) is 15.9. The van der Waals surface area contributed by atoms with Crippen LogP contribution in [0.4, 0.5) is 0 Å². The van der Waals surface area contributed by atoms with E-state index in [1.165, 1.54) is 0 Å². The van der Waals surface area contributed by atoms with Crippen LogP contribution in [-0.2, 0) is 0 Å². The van der Waals surface area contributed by atoms with Crippen LogP contribution >= 0.6 is 0 Å². The van der Waals surface area contributed by atoms with Gasteiger partial charge in [-0.1, -0.05) is 44.2 Å². The third kappa shape index (κ3) is 3.37. The number of rotatable bonds is 5. The van der Waals surface area contributed by atoms with Crippen LogP contribution < -0.4 is 9.47 Å². The van der Waals surface area contributed by atoms with E-state index in [2.05, 4.69) is 13.8 Å². The van der Waals surface area contributed by atoms with Crippen molar-refractivity contribution < 1.29 is 9.47 Å². The average Bonchev–Trinajstić information content (AvgIpc) is 2.51. The van der Waals surface area contributed by atoms with Gasteiger partial charge in [-0.05, 0) is 29.7 Å². The van der Waals surface area contributed by atoms with Crippen LogP contribution in [0.15, 0.2) is 48.5 Å². The highest BCUT2D eigenvalue weighted by Crippen LogP contribution is 2.37. The molecule has 0 radical (unpaired) electrons. The Morgan fingerprint density at radius 3 is 2.09 bits per heavy atom. The summed E-state index contributed by atoms with van der Waals surface area (Å²) in [5, 5.41) is 17.4. The molecule has 0 amide bonds. The first-order valence-corrected chi connectivity index (χ1v) is 6.98. The Hall–Kier alpha value is -2.98. The lowest BCUT2D eigenvalue weighted by atomic mass is 9.82. The van der Waals surface area contributed by atoms with E-state index in [4.69, 9.17) is 20.0 Å². The lowest BCUT2D eigenvalue weighted by molar-refractivity contribution is 0.478. The molecule has 110 valence electrons. The number of ether oxygens (including phenoxy) is 2. The molecule has 0 aliphatic rings. The molecular formula is C18H16N2O2. The Kier molecular flexibility index (Phi) is 5.01. The van der Waals surface area contributed by atoms with Gasteiger partial charge in [0.25, 0.3) is 12.5 Å². The first-order valence-electron chi connectivity index (χ1n) is 6.98. The lowest BCUT2D eigenvalue weighted by Crippen LogP contribution is -2.10. The first-order chi connectivity index (χ1) is 10.7. The van der Waals surface area contributed by atoms with Crippen LogP contribution in [0.2, 0.25) is 0 Å². The normalized spacial score (nSPS) is 11.3. The first kappa shape index (κ1) is 15.4. The topological polar surface area (TPSA) is 66.0 Å². The largest absolute Gasteiger partial charge is 0.388 e. The summed E-state index contributed by atoms with van der Waals surface area (Å²) in [6.45, 7) is 4.24. The predicted molar refractivity (Wildman–Crippen MR) is 82.0 cm³/mol. The minimum Gasteiger partial charge on any atom is -0.388 e. The molecule has 0 aromatic heterocycles. The molecule has 0 bridgehead atoms. The van der Waals surface area contributed by atoms with E-state index in [1.54, 1.807) is 30.7 Å². The fourth-order valence-corrected chi connectivity index (χ4v) is 2.60. The summed E-state index contributed by atoms with van der Waals surface area (Å²) in [4.78, 5) is 0. The molecule has 2 aromatic rings. The van der Waals surface area contributed by atoms with Crippen LogP contribution in [0.5, 0.6) is 11.5 Å². The van der Waals surface area contributed by atoms with Gasteiger partial charge in [-0.2, -0.15) is 0 Å². The second kappa shape index (κ2) is 7.15. The summed E-state index contributed by atoms with van der Waals surface area (Å²) in [7, 11) is 0. The Balaban J connectivity index is 2.43. The number of benzene rings is 2. The molecule has 0 aliphatic heterocycles. The molecule has 4 heteroatoms. The maximum Gasteiger partial charge on any atom is 0.292 e. The smallest absolute Gasteiger partial charge is 0.292 e. The molecule has 0 saturated heterocycles. The van der Waals surface area contributed by atoms with Crippen LogP contribution in [0.1, 0.15) is 30.9 Å². The maximum absolute atomic E-state index is 8.81. The summed E-state index contributed by atoms with van der Waals surface area (Å²) in [6, 6.07) is 14.9. The van der Waals surface area contributed by atoms with Crippen molar-refractivity contribution in [2.45, 2.75) is 19.8 Å². The fraction of sp³-hybridized carbons (Fsp3) is 0.222. The molecule has 2 aromatic carbocycles. The van der Waals surface area contributed by atoms with Gasteiger partial charge in [0.2, 0.25) is 0 Å². The van der Waals surface area contributed by atoms with Gasteiger partial charge in [0.15, 0.2) is 0 Å². The number of hydrogen-bond donors (Lipinski definition) is 0. The summed E-state index contributed by atoms with van der Waals surface area (Å²) in [5.41, 5.74) is 2.04. The molecular weight excluding hydrogens is 276 g/mol. The van der Waals surface area contributed by atoms with Crippen molar-refractivity contribution in [3.8, 4) is 24.0 Å². The van der Waals surface area contributed by atoms with E-state index in [0.717, 1.165) is 11.1 Å². The van der Waals surface area contributed by atoms with Crippen molar-refractivity contribution in [1.82, 2.24) is 0 Å². The van der Waals surface area contributed by atoms with E-state index in [9.17, 15) is 0 Å². The number of nitriles is 2. The van der Waals surface area contributed by atoms with E-state index >= 15 is 0 Å². The molecule has 0 heterocycles. The SMILES string of the molecule is CC(C)C(c1ccc(OC#N)cc1)c1ccccc1OC#N. The molecule has 1 unspecified atom stereocenters. The van der Waals surface area contributed by atoms with Gasteiger partial charge in [-0.3, -0.25) is 0 Å². The van der Waals surface area contributed by atoms with Crippen LogP contribution in [0, 0.1) is 29.0 Å². The second-order valence-corrected chi connectivity index (χ2v) is 5.22. The summed E-state index contributed by atoms with van der Waals surface area (Å²) >= 11 is 0. The maximum atomic E-state index is 8.81. The highest BCUT2D eigenvalue weighted by molar-refractivity contribution is 5.44. The van der Waals surface area contributed by atoms with Gasteiger partial charge in [0, 0.05) is 11.5 Å². The van der Waals surface area contributed by atoms with Crippen molar-refractivity contribution in [3.05, 3.63) is 59.7 Å². The molecule has 2 rings (SSSR count). The Labute approximate surface area is 130 Å². The Bertz CT molecular complexity index is 709. The zero-order valence-corrected chi connectivity index (χ0v) is 12.5. The van der Waals surface area contributed by atoms with Gasteiger partial charge in [-0.15, -0.1) is 10.5 Å². The van der Waals surface area contributed by atoms with Crippen LogP contribution in [0.3, 0.4) is 0 Å². The van der Waals surface area contributed by atoms with Crippen molar-refractivity contribution in [2.24, 2.45) is 5.92 Å². The second-order valence-electron chi connectivity index (χ2n) is 5.22. The number of hydrogen-bond acceptors (Lipinski definition) is 4. The van der Waals surface area contributed by atoms with Crippen LogP contribution in [0.25, 0.3) is 0 Å². The highest BCUT2D eigenvalue weighted by atomic mass is 16.5. The van der Waals surface area contributed by atoms with Crippen molar-refractivity contribution in [3.63, 3.8) is 0 Å². The standard InChI is InChI=1S/C18H16N2O2/c1-13(2)18(14-7-9-15(10-8-14)21-11-19)16-5-3-4-6-17(16)22-12-20/h3-10,13,18H,1-2H3. The molecule has 1 atom stereocenters.